The predicted molar refractivity (Wildman–Crippen MR) is 102 cm³/mol. The molecule has 0 spiro atoms. The summed E-state index contributed by atoms with van der Waals surface area (Å²) in [4.78, 5) is 28.5. The van der Waals surface area contributed by atoms with Crippen LogP contribution in [0.15, 0.2) is 52.3 Å². The molecule has 0 bridgehead atoms. The number of rotatable bonds is 3. The second-order valence-corrected chi connectivity index (χ2v) is 8.33. The minimum Gasteiger partial charge on any atom is -0.348 e. The number of para-hydroxylation sites is 1. The van der Waals surface area contributed by atoms with Gasteiger partial charge in [-0.1, -0.05) is 12.1 Å². The number of carbonyl (C=O) groups is 2. The molecule has 2 amide bonds. The van der Waals surface area contributed by atoms with Crippen LogP contribution in [-0.4, -0.2) is 29.9 Å². The van der Waals surface area contributed by atoms with Crippen LogP contribution in [0.25, 0.3) is 0 Å². The third-order valence-corrected chi connectivity index (χ3v) is 6.63. The first-order chi connectivity index (χ1) is 12.6. The number of hydrogen-bond donors (Lipinski definition) is 1. The Morgan fingerprint density at radius 2 is 2.04 bits per heavy atom. The van der Waals surface area contributed by atoms with Gasteiger partial charge in [-0.25, -0.2) is 4.39 Å². The molecular formula is C19H17FN2O2S2. The van der Waals surface area contributed by atoms with Crippen LogP contribution in [0.2, 0.25) is 0 Å². The summed E-state index contributed by atoms with van der Waals surface area (Å²) >= 11 is 3.16. The summed E-state index contributed by atoms with van der Waals surface area (Å²) in [6, 6.07) is 12.1. The first-order valence-corrected chi connectivity index (χ1v) is 10.3. The number of anilines is 1. The first-order valence-electron chi connectivity index (χ1n) is 8.35. The Hall–Kier alpha value is -1.99. The molecule has 0 aromatic heterocycles. The van der Waals surface area contributed by atoms with E-state index in [1.807, 2.05) is 24.3 Å². The molecule has 2 aromatic rings. The number of halogens is 1. The maximum atomic E-state index is 13.6. The number of benzene rings is 2. The molecule has 0 saturated carbocycles. The molecule has 0 radical (unpaired) electrons. The summed E-state index contributed by atoms with van der Waals surface area (Å²) in [5.74, 6) is 0.591. The van der Waals surface area contributed by atoms with Crippen molar-refractivity contribution in [1.29, 1.82) is 0 Å². The number of carbonyl (C=O) groups excluding carboxylic acids is 2. The van der Waals surface area contributed by atoms with Crippen LogP contribution in [0.4, 0.5) is 10.1 Å². The predicted octanol–water partition coefficient (Wildman–Crippen LogP) is 3.62. The molecule has 134 valence electrons. The van der Waals surface area contributed by atoms with Gasteiger partial charge in [0.1, 0.15) is 12.4 Å². The van der Waals surface area contributed by atoms with Crippen molar-refractivity contribution in [1.82, 2.24) is 5.32 Å². The molecule has 1 N–H and O–H groups in total. The van der Waals surface area contributed by atoms with Crippen molar-refractivity contribution in [3.63, 3.8) is 0 Å². The van der Waals surface area contributed by atoms with Gasteiger partial charge in [0, 0.05) is 15.5 Å². The minimum absolute atomic E-state index is 0.0231. The molecule has 4 rings (SSSR count). The molecule has 26 heavy (non-hydrogen) atoms. The molecule has 2 aliphatic heterocycles. The first kappa shape index (κ1) is 17.4. The molecule has 2 heterocycles. The highest BCUT2D eigenvalue weighted by atomic mass is 32.2. The van der Waals surface area contributed by atoms with Crippen molar-refractivity contribution in [3.8, 4) is 0 Å². The fourth-order valence-corrected chi connectivity index (χ4v) is 5.27. The molecule has 0 saturated heterocycles. The third kappa shape index (κ3) is 3.46. The van der Waals surface area contributed by atoms with Crippen LogP contribution in [-0.2, 0) is 9.59 Å². The highest BCUT2D eigenvalue weighted by molar-refractivity contribution is 8.00. The standard InChI is InChI=1S/C19H17FN2O2S2/c20-12-5-6-16-13(9-12)14(7-8-25-16)21-18(23)10-22-15-3-1-2-4-17(15)26-11-19(22)24/h1-6,9,14H,7-8,10-11H2,(H,21,23). The van der Waals surface area contributed by atoms with Crippen LogP contribution in [0.5, 0.6) is 0 Å². The number of thioether (sulfide) groups is 2. The van der Waals surface area contributed by atoms with Crippen molar-refractivity contribution in [2.45, 2.75) is 22.3 Å². The van der Waals surface area contributed by atoms with Crippen LogP contribution in [0, 0.1) is 5.82 Å². The van der Waals surface area contributed by atoms with Gasteiger partial charge in [-0.15, -0.1) is 23.5 Å². The lowest BCUT2D eigenvalue weighted by atomic mass is 10.0. The Morgan fingerprint density at radius 1 is 1.19 bits per heavy atom. The lowest BCUT2D eigenvalue weighted by Gasteiger charge is -2.30. The summed E-state index contributed by atoms with van der Waals surface area (Å²) in [5, 5.41) is 2.98. The van der Waals surface area contributed by atoms with Gasteiger partial charge in [0.05, 0.1) is 17.5 Å². The van der Waals surface area contributed by atoms with Crippen LogP contribution in [0.3, 0.4) is 0 Å². The maximum absolute atomic E-state index is 13.6. The summed E-state index contributed by atoms with van der Waals surface area (Å²) in [5.41, 5.74) is 1.59. The zero-order chi connectivity index (χ0) is 18.1. The fraction of sp³-hybridized carbons (Fsp3) is 0.263. The number of hydrogen-bond acceptors (Lipinski definition) is 4. The van der Waals surface area contributed by atoms with E-state index in [0.29, 0.717) is 5.75 Å². The van der Waals surface area contributed by atoms with Crippen molar-refractivity contribution >= 4 is 41.0 Å². The van der Waals surface area contributed by atoms with E-state index in [1.54, 1.807) is 17.8 Å². The van der Waals surface area contributed by atoms with E-state index < -0.39 is 0 Å². The van der Waals surface area contributed by atoms with Gasteiger partial charge in [-0.3, -0.25) is 9.59 Å². The Kier molecular flexibility index (Phi) is 4.91. The Morgan fingerprint density at radius 3 is 2.92 bits per heavy atom. The lowest BCUT2D eigenvalue weighted by Crippen LogP contribution is -2.44. The van der Waals surface area contributed by atoms with Crippen LogP contribution in [0.1, 0.15) is 18.0 Å². The molecule has 7 heteroatoms. The molecule has 1 atom stereocenters. The van der Waals surface area contributed by atoms with Gasteiger partial charge in [0.15, 0.2) is 0 Å². The van der Waals surface area contributed by atoms with Gasteiger partial charge in [0.2, 0.25) is 11.8 Å². The van der Waals surface area contributed by atoms with E-state index in [9.17, 15) is 14.0 Å². The lowest BCUT2D eigenvalue weighted by molar-refractivity contribution is -0.123. The smallest absolute Gasteiger partial charge is 0.240 e. The minimum atomic E-state index is -0.303. The number of amides is 2. The maximum Gasteiger partial charge on any atom is 0.240 e. The molecule has 2 aromatic carbocycles. The normalized spacial score (nSPS) is 18.9. The van der Waals surface area contributed by atoms with Crippen molar-refractivity contribution in [3.05, 3.63) is 53.8 Å². The summed E-state index contributed by atoms with van der Waals surface area (Å²) < 4.78 is 13.6. The number of nitrogens with one attached hydrogen (secondary N) is 1. The van der Waals surface area contributed by atoms with E-state index in [4.69, 9.17) is 0 Å². The second kappa shape index (κ2) is 7.32. The van der Waals surface area contributed by atoms with E-state index in [0.717, 1.165) is 33.2 Å². The summed E-state index contributed by atoms with van der Waals surface area (Å²) in [6.45, 7) is -0.0231. The van der Waals surface area contributed by atoms with E-state index in [1.165, 1.54) is 28.8 Å². The summed E-state index contributed by atoms with van der Waals surface area (Å²) in [6.07, 6.45) is 0.743. The fourth-order valence-electron chi connectivity index (χ4n) is 3.23. The average Bonchev–Trinajstić information content (AvgIpc) is 2.64. The molecule has 4 nitrogen and oxygen atoms in total. The third-order valence-electron chi connectivity index (χ3n) is 4.46. The number of nitrogens with zero attached hydrogens (tertiary/aromatic N) is 1. The molecule has 2 aliphatic rings. The molecule has 1 unspecified atom stereocenters. The highest BCUT2D eigenvalue weighted by Crippen LogP contribution is 2.37. The van der Waals surface area contributed by atoms with Crippen molar-refractivity contribution in [2.75, 3.05) is 23.0 Å². The van der Waals surface area contributed by atoms with Crippen molar-refractivity contribution in [2.24, 2.45) is 0 Å². The highest BCUT2D eigenvalue weighted by Gasteiger charge is 2.28. The zero-order valence-corrected chi connectivity index (χ0v) is 15.5. The monoisotopic (exact) mass is 388 g/mol. The Bertz CT molecular complexity index is 874. The Labute approximate surface area is 159 Å². The Balaban J connectivity index is 1.51. The van der Waals surface area contributed by atoms with E-state index >= 15 is 0 Å². The summed E-state index contributed by atoms with van der Waals surface area (Å²) in [7, 11) is 0. The van der Waals surface area contributed by atoms with Crippen molar-refractivity contribution < 1.29 is 14.0 Å². The average molecular weight is 388 g/mol. The van der Waals surface area contributed by atoms with Gasteiger partial charge in [0.25, 0.3) is 0 Å². The van der Waals surface area contributed by atoms with Crippen LogP contribution < -0.4 is 10.2 Å². The van der Waals surface area contributed by atoms with Crippen LogP contribution >= 0.6 is 23.5 Å². The quantitative estimate of drug-likeness (QED) is 0.873. The van der Waals surface area contributed by atoms with Gasteiger partial charge in [-0.05, 0) is 42.3 Å². The topological polar surface area (TPSA) is 49.4 Å². The van der Waals surface area contributed by atoms with E-state index in [-0.39, 0.29) is 30.2 Å². The molecule has 0 fully saturated rings. The number of fused-ring (bicyclic) bond motifs is 2. The van der Waals surface area contributed by atoms with Gasteiger partial charge >= 0.3 is 0 Å². The van der Waals surface area contributed by atoms with Gasteiger partial charge < -0.3 is 10.2 Å². The SMILES string of the molecule is O=C(CN1C(=O)CSc2ccccc21)NC1CCSc2ccc(F)cc21. The molecule has 0 aliphatic carbocycles. The zero-order valence-electron chi connectivity index (χ0n) is 13.9. The largest absolute Gasteiger partial charge is 0.348 e. The van der Waals surface area contributed by atoms with E-state index in [2.05, 4.69) is 5.32 Å². The van der Waals surface area contributed by atoms with Gasteiger partial charge in [-0.2, -0.15) is 0 Å². The second-order valence-electron chi connectivity index (χ2n) is 6.18. The molecular weight excluding hydrogens is 371 g/mol.